The van der Waals surface area contributed by atoms with Crippen LogP contribution in [0, 0.1) is 23.0 Å². The highest BCUT2D eigenvalue weighted by atomic mass is 32.2. The number of hydrogen-bond donors (Lipinski definition) is 2. The summed E-state index contributed by atoms with van der Waals surface area (Å²) < 4.78 is 33.8. The molecule has 0 bridgehead atoms. The van der Waals surface area contributed by atoms with E-state index in [2.05, 4.69) is 10.6 Å². The number of benzene rings is 3. The molecular weight excluding hydrogens is 550 g/mol. The van der Waals surface area contributed by atoms with Gasteiger partial charge in [0.2, 0.25) is 0 Å². The van der Waals surface area contributed by atoms with Gasteiger partial charge in [0.25, 0.3) is 11.8 Å². The van der Waals surface area contributed by atoms with E-state index in [1.165, 1.54) is 41.3 Å². The molecule has 4 rings (SSSR count). The Labute approximate surface area is 240 Å². The first-order chi connectivity index (χ1) is 19.4. The molecule has 1 aliphatic rings. The molecule has 11 heteroatoms. The lowest BCUT2D eigenvalue weighted by Crippen LogP contribution is -2.50. The Morgan fingerprint density at radius 3 is 2.37 bits per heavy atom. The van der Waals surface area contributed by atoms with Crippen LogP contribution in [0.25, 0.3) is 0 Å². The van der Waals surface area contributed by atoms with Gasteiger partial charge in [0, 0.05) is 17.2 Å². The number of nitriles is 1. The predicted molar refractivity (Wildman–Crippen MR) is 150 cm³/mol. The number of halogens is 2. The molecule has 212 valence electrons. The Bertz CT molecular complexity index is 1500. The number of thioether (sulfide) groups is 1. The predicted octanol–water partition coefficient (Wildman–Crippen LogP) is 5.30. The van der Waals surface area contributed by atoms with E-state index < -0.39 is 41.2 Å². The average molecular weight is 579 g/mol. The number of fused-ring (bicyclic) bond motifs is 1. The highest BCUT2D eigenvalue weighted by Gasteiger charge is 2.34. The molecule has 3 amide bonds. The number of carbonyl (C=O) groups is 3. The molecular formula is C30H28F2N4O4S. The maximum absolute atomic E-state index is 15.2. The number of carbonyl (C=O) groups excluding carboxylic acids is 3. The molecule has 3 aromatic rings. The number of ether oxygens (including phenoxy) is 1. The van der Waals surface area contributed by atoms with Gasteiger partial charge in [0.15, 0.2) is 0 Å². The summed E-state index contributed by atoms with van der Waals surface area (Å²) in [6.45, 7) is 5.19. The third kappa shape index (κ3) is 7.61. The Morgan fingerprint density at radius 2 is 1.73 bits per heavy atom. The van der Waals surface area contributed by atoms with Crippen LogP contribution in [0.1, 0.15) is 47.8 Å². The largest absolute Gasteiger partial charge is 0.444 e. The zero-order valence-electron chi connectivity index (χ0n) is 22.7. The van der Waals surface area contributed by atoms with Crippen molar-refractivity contribution in [2.75, 3.05) is 10.7 Å². The van der Waals surface area contributed by atoms with Crippen molar-refractivity contribution < 1.29 is 27.9 Å². The Balaban J connectivity index is 1.65. The van der Waals surface area contributed by atoms with Crippen LogP contribution in [-0.4, -0.2) is 35.3 Å². The van der Waals surface area contributed by atoms with Crippen LogP contribution in [0.2, 0.25) is 0 Å². The SMILES string of the molecule is CC(C)(C)OC(=O)N[C@H]1CSc2cc(F)c(C(=O)NCc3ccc(F)cc3)cc2N(Cc2ccc(C#N)cc2)C1=O. The van der Waals surface area contributed by atoms with Crippen molar-refractivity contribution >= 4 is 35.4 Å². The van der Waals surface area contributed by atoms with Gasteiger partial charge in [-0.3, -0.25) is 9.59 Å². The number of rotatable bonds is 6. The van der Waals surface area contributed by atoms with Gasteiger partial charge in [-0.25, -0.2) is 13.6 Å². The van der Waals surface area contributed by atoms with Crippen LogP contribution in [0.4, 0.5) is 19.3 Å². The van der Waals surface area contributed by atoms with Gasteiger partial charge in [-0.1, -0.05) is 24.3 Å². The third-order valence-corrected chi connectivity index (χ3v) is 7.17. The molecule has 0 unspecified atom stereocenters. The van der Waals surface area contributed by atoms with Crippen LogP contribution in [0.5, 0.6) is 0 Å². The normalized spacial score (nSPS) is 14.9. The van der Waals surface area contributed by atoms with Crippen molar-refractivity contribution in [3.63, 3.8) is 0 Å². The maximum Gasteiger partial charge on any atom is 0.408 e. The molecule has 1 aliphatic heterocycles. The second-order valence-corrected chi connectivity index (χ2v) is 11.4. The van der Waals surface area contributed by atoms with E-state index >= 15 is 4.39 Å². The number of anilines is 1. The lowest BCUT2D eigenvalue weighted by atomic mass is 10.1. The molecule has 0 saturated carbocycles. The van der Waals surface area contributed by atoms with Crippen molar-refractivity contribution in [3.05, 3.63) is 94.6 Å². The second-order valence-electron chi connectivity index (χ2n) is 10.4. The van der Waals surface area contributed by atoms with Crippen molar-refractivity contribution in [2.45, 2.75) is 50.4 Å². The zero-order valence-corrected chi connectivity index (χ0v) is 23.5. The van der Waals surface area contributed by atoms with Gasteiger partial charge >= 0.3 is 6.09 Å². The Kier molecular flexibility index (Phi) is 8.93. The molecule has 0 spiro atoms. The topological polar surface area (TPSA) is 112 Å². The average Bonchev–Trinajstić information content (AvgIpc) is 3.03. The van der Waals surface area contributed by atoms with E-state index in [0.29, 0.717) is 27.3 Å². The summed E-state index contributed by atoms with van der Waals surface area (Å²) in [5.41, 5.74) is 0.986. The first-order valence-electron chi connectivity index (χ1n) is 12.7. The van der Waals surface area contributed by atoms with Crippen LogP contribution in [0.15, 0.2) is 65.6 Å². The molecule has 0 aromatic heterocycles. The van der Waals surface area contributed by atoms with E-state index in [9.17, 15) is 18.8 Å². The monoisotopic (exact) mass is 578 g/mol. The van der Waals surface area contributed by atoms with Crippen LogP contribution in [0.3, 0.4) is 0 Å². The molecule has 0 saturated heterocycles. The first-order valence-corrected chi connectivity index (χ1v) is 13.7. The molecule has 0 fully saturated rings. The Hall–Kier alpha value is -4.43. The molecule has 3 aromatic carbocycles. The molecule has 41 heavy (non-hydrogen) atoms. The van der Waals surface area contributed by atoms with Crippen molar-refractivity contribution in [2.24, 2.45) is 0 Å². The fourth-order valence-corrected chi connectivity index (χ4v) is 5.13. The van der Waals surface area contributed by atoms with E-state index in [1.807, 2.05) is 6.07 Å². The molecule has 2 N–H and O–H groups in total. The van der Waals surface area contributed by atoms with Gasteiger partial charge in [-0.15, -0.1) is 11.8 Å². The molecule has 1 heterocycles. The van der Waals surface area contributed by atoms with E-state index in [4.69, 9.17) is 10.00 Å². The number of amides is 3. The number of nitrogens with zero attached hydrogens (tertiary/aromatic N) is 2. The summed E-state index contributed by atoms with van der Waals surface area (Å²) in [4.78, 5) is 41.1. The maximum atomic E-state index is 15.2. The fraction of sp³-hybridized carbons (Fsp3) is 0.267. The number of hydrogen-bond acceptors (Lipinski definition) is 6. The van der Waals surface area contributed by atoms with Gasteiger partial charge in [-0.2, -0.15) is 5.26 Å². The molecule has 0 radical (unpaired) electrons. The van der Waals surface area contributed by atoms with Gasteiger partial charge in [-0.05, 0) is 68.3 Å². The van der Waals surface area contributed by atoms with Gasteiger partial charge < -0.3 is 20.3 Å². The summed E-state index contributed by atoms with van der Waals surface area (Å²) in [6, 6.07) is 15.7. The lowest BCUT2D eigenvalue weighted by molar-refractivity contribution is -0.120. The first kappa shape index (κ1) is 29.6. The molecule has 1 atom stereocenters. The van der Waals surface area contributed by atoms with E-state index in [-0.39, 0.29) is 24.4 Å². The van der Waals surface area contributed by atoms with E-state index in [0.717, 1.165) is 11.8 Å². The second kappa shape index (κ2) is 12.4. The van der Waals surface area contributed by atoms with Gasteiger partial charge in [0.05, 0.1) is 29.4 Å². The molecule has 0 aliphatic carbocycles. The smallest absolute Gasteiger partial charge is 0.408 e. The summed E-state index contributed by atoms with van der Waals surface area (Å²) in [5.74, 6) is -2.28. The summed E-state index contributed by atoms with van der Waals surface area (Å²) in [5, 5.41) is 14.4. The standard InChI is InChI=1S/C30H28F2N4O4S/c1-30(2,3)40-29(39)35-24-17-41-26-13-23(32)22(27(37)34-15-19-8-10-21(31)11-9-19)12-25(26)36(28(24)38)16-20-6-4-18(14-33)5-7-20/h4-13,24H,15-17H2,1-3H3,(H,34,37)(H,35,39)/t24-/m0/s1. The van der Waals surface area contributed by atoms with E-state index in [1.54, 1.807) is 45.0 Å². The number of nitrogens with one attached hydrogen (secondary N) is 2. The van der Waals surface area contributed by atoms with Crippen molar-refractivity contribution in [1.82, 2.24) is 10.6 Å². The minimum atomic E-state index is -1.00. The van der Waals surface area contributed by atoms with Crippen LogP contribution in [-0.2, 0) is 22.6 Å². The molecule has 8 nitrogen and oxygen atoms in total. The number of alkyl carbamates (subject to hydrolysis) is 1. The fourth-order valence-electron chi connectivity index (χ4n) is 4.06. The quantitative estimate of drug-likeness (QED) is 0.411. The minimum Gasteiger partial charge on any atom is -0.444 e. The zero-order chi connectivity index (χ0) is 29.7. The van der Waals surface area contributed by atoms with Crippen molar-refractivity contribution in [3.8, 4) is 6.07 Å². The summed E-state index contributed by atoms with van der Waals surface area (Å²) >= 11 is 1.16. The van der Waals surface area contributed by atoms with Crippen LogP contribution >= 0.6 is 11.8 Å². The van der Waals surface area contributed by atoms with Crippen LogP contribution < -0.4 is 15.5 Å². The van der Waals surface area contributed by atoms with Crippen molar-refractivity contribution in [1.29, 1.82) is 5.26 Å². The summed E-state index contributed by atoms with van der Waals surface area (Å²) in [6.07, 6.45) is -0.771. The van der Waals surface area contributed by atoms with Gasteiger partial charge in [0.1, 0.15) is 23.3 Å². The highest BCUT2D eigenvalue weighted by Crippen LogP contribution is 2.37. The lowest BCUT2D eigenvalue weighted by Gasteiger charge is -2.27. The Morgan fingerprint density at radius 1 is 1.07 bits per heavy atom. The minimum absolute atomic E-state index is 0.0346. The summed E-state index contributed by atoms with van der Waals surface area (Å²) in [7, 11) is 0. The third-order valence-electron chi connectivity index (χ3n) is 6.03. The highest BCUT2D eigenvalue weighted by molar-refractivity contribution is 7.99.